The number of carbonyl (C=O) groups excluding carboxylic acids is 1. The van der Waals surface area contributed by atoms with E-state index in [0.717, 1.165) is 17.7 Å². The number of rotatable bonds is 5. The average Bonchev–Trinajstić information content (AvgIpc) is 2.63. The first kappa shape index (κ1) is 19.2. The molecule has 136 valence electrons. The Labute approximate surface area is 149 Å². The van der Waals surface area contributed by atoms with Crippen molar-refractivity contribution in [1.29, 1.82) is 0 Å². The lowest BCUT2D eigenvalue weighted by Crippen LogP contribution is -2.35. The van der Waals surface area contributed by atoms with Crippen LogP contribution in [-0.2, 0) is 12.7 Å². The summed E-state index contributed by atoms with van der Waals surface area (Å²) >= 11 is 0. The topological polar surface area (TPSA) is 50.4 Å². The van der Waals surface area contributed by atoms with Gasteiger partial charge in [-0.15, -0.1) is 0 Å². The Morgan fingerprint density at radius 1 is 1.00 bits per heavy atom. The second kappa shape index (κ2) is 9.37. The van der Waals surface area contributed by atoms with Crippen LogP contribution in [0.2, 0.25) is 0 Å². The third kappa shape index (κ3) is 6.77. The Balaban J connectivity index is 1.67. The lowest BCUT2D eigenvalue weighted by atomic mass is 10.2. The van der Waals surface area contributed by atoms with Gasteiger partial charge in [0.25, 0.3) is 0 Å². The number of benzene rings is 2. The number of hydrogen-bond donors (Lipinski definition) is 2. The Kier molecular flexibility index (Phi) is 6.92. The number of ether oxygens (including phenoxy) is 1. The van der Waals surface area contributed by atoms with E-state index >= 15 is 0 Å². The lowest BCUT2D eigenvalue weighted by molar-refractivity contribution is -0.137. The summed E-state index contributed by atoms with van der Waals surface area (Å²) in [5, 5.41) is 5.23. The largest absolute Gasteiger partial charge is 0.481 e. The fourth-order valence-corrected chi connectivity index (χ4v) is 1.96. The first-order chi connectivity index (χ1) is 12.4. The molecule has 0 unspecified atom stereocenters. The molecule has 2 rings (SSSR count). The molecule has 0 heterocycles. The third-order valence-corrected chi connectivity index (χ3v) is 3.23. The predicted octanol–water partition coefficient (Wildman–Crippen LogP) is 3.59. The van der Waals surface area contributed by atoms with E-state index in [1.807, 2.05) is 30.3 Å². The van der Waals surface area contributed by atoms with Crippen LogP contribution in [0.25, 0.3) is 0 Å². The Morgan fingerprint density at radius 2 is 1.77 bits per heavy atom. The second-order valence-corrected chi connectivity index (χ2v) is 5.19. The van der Waals surface area contributed by atoms with Crippen molar-refractivity contribution in [2.45, 2.75) is 12.7 Å². The maximum Gasteiger partial charge on any atom is 0.416 e. The summed E-state index contributed by atoms with van der Waals surface area (Å²) < 4.78 is 42.9. The molecule has 0 bridgehead atoms. The van der Waals surface area contributed by atoms with Gasteiger partial charge in [0.1, 0.15) is 12.4 Å². The van der Waals surface area contributed by atoms with E-state index in [0.29, 0.717) is 6.54 Å². The highest BCUT2D eigenvalue weighted by Crippen LogP contribution is 2.31. The van der Waals surface area contributed by atoms with E-state index < -0.39 is 11.7 Å². The minimum Gasteiger partial charge on any atom is -0.481 e. The minimum absolute atomic E-state index is 0.0748. The molecule has 0 aliphatic heterocycles. The van der Waals surface area contributed by atoms with Gasteiger partial charge in [-0.1, -0.05) is 48.2 Å². The van der Waals surface area contributed by atoms with Gasteiger partial charge < -0.3 is 15.4 Å². The molecule has 26 heavy (non-hydrogen) atoms. The van der Waals surface area contributed by atoms with Crippen molar-refractivity contribution in [3.63, 3.8) is 0 Å². The summed E-state index contributed by atoms with van der Waals surface area (Å²) in [6, 6.07) is 13.7. The van der Waals surface area contributed by atoms with Gasteiger partial charge in [-0.3, -0.25) is 0 Å². The van der Waals surface area contributed by atoms with Gasteiger partial charge in [0.05, 0.1) is 12.1 Å². The summed E-state index contributed by atoms with van der Waals surface area (Å²) in [6.45, 7) is 0.431. The van der Waals surface area contributed by atoms with Gasteiger partial charge >= 0.3 is 12.2 Å². The number of nitrogens with one attached hydrogen (secondary N) is 2. The molecule has 0 aliphatic rings. The molecule has 7 heteroatoms. The highest BCUT2D eigenvalue weighted by molar-refractivity contribution is 5.74. The number of halogens is 3. The van der Waals surface area contributed by atoms with Crippen molar-refractivity contribution in [3.8, 4) is 17.6 Å². The molecule has 2 amide bonds. The van der Waals surface area contributed by atoms with Gasteiger partial charge in [-0.25, -0.2) is 4.79 Å². The van der Waals surface area contributed by atoms with Crippen LogP contribution in [0.1, 0.15) is 11.1 Å². The van der Waals surface area contributed by atoms with Gasteiger partial charge in [0.15, 0.2) is 0 Å². The summed E-state index contributed by atoms with van der Waals surface area (Å²) in [5.41, 5.74) is 0.197. The van der Waals surface area contributed by atoms with Crippen molar-refractivity contribution in [3.05, 3.63) is 65.7 Å². The monoisotopic (exact) mass is 362 g/mol. The molecular weight excluding hydrogens is 345 g/mol. The molecular formula is C19H17F3N2O2. The summed E-state index contributed by atoms with van der Waals surface area (Å²) in [6.07, 6.45) is -4.41. The van der Waals surface area contributed by atoms with E-state index in [4.69, 9.17) is 4.74 Å². The van der Waals surface area contributed by atoms with Gasteiger partial charge in [-0.05, 0) is 23.8 Å². The second-order valence-electron chi connectivity index (χ2n) is 5.19. The molecule has 0 aliphatic carbocycles. The van der Waals surface area contributed by atoms with Crippen molar-refractivity contribution < 1.29 is 22.7 Å². The smallest absolute Gasteiger partial charge is 0.416 e. The molecule has 0 aromatic heterocycles. The Morgan fingerprint density at radius 3 is 2.50 bits per heavy atom. The highest BCUT2D eigenvalue weighted by Gasteiger charge is 2.30. The molecule has 0 saturated heterocycles. The molecule has 2 N–H and O–H groups in total. The van der Waals surface area contributed by atoms with Crippen LogP contribution in [0.5, 0.6) is 5.75 Å². The van der Waals surface area contributed by atoms with Gasteiger partial charge in [0, 0.05) is 6.54 Å². The van der Waals surface area contributed by atoms with Crippen LogP contribution in [0, 0.1) is 11.8 Å². The summed E-state index contributed by atoms with van der Waals surface area (Å²) in [4.78, 5) is 11.6. The van der Waals surface area contributed by atoms with Crippen molar-refractivity contribution >= 4 is 6.03 Å². The quantitative estimate of drug-likeness (QED) is 0.799. The SMILES string of the molecule is O=C(NCC#CCOc1cccc(C(F)(F)F)c1)NCc1ccccc1. The molecule has 4 nitrogen and oxygen atoms in total. The lowest BCUT2D eigenvalue weighted by Gasteiger charge is -2.08. The third-order valence-electron chi connectivity index (χ3n) is 3.23. The van der Waals surface area contributed by atoms with Crippen LogP contribution in [0.3, 0.4) is 0 Å². The molecule has 0 atom stereocenters. The number of hydrogen-bond acceptors (Lipinski definition) is 2. The van der Waals surface area contributed by atoms with Crippen LogP contribution in [0.15, 0.2) is 54.6 Å². The van der Waals surface area contributed by atoms with Crippen LogP contribution in [0.4, 0.5) is 18.0 Å². The fourth-order valence-electron chi connectivity index (χ4n) is 1.96. The maximum atomic E-state index is 12.6. The first-order valence-corrected chi connectivity index (χ1v) is 7.76. The van der Waals surface area contributed by atoms with E-state index in [2.05, 4.69) is 22.5 Å². The minimum atomic E-state index is -4.41. The zero-order valence-electron chi connectivity index (χ0n) is 13.8. The number of carbonyl (C=O) groups is 1. The molecule has 0 spiro atoms. The van der Waals surface area contributed by atoms with E-state index in [-0.39, 0.29) is 24.9 Å². The maximum absolute atomic E-state index is 12.6. The number of amides is 2. The molecule has 0 fully saturated rings. The predicted molar refractivity (Wildman–Crippen MR) is 91.4 cm³/mol. The summed E-state index contributed by atoms with van der Waals surface area (Å²) in [5.74, 6) is 5.37. The fraction of sp³-hybridized carbons (Fsp3) is 0.211. The first-order valence-electron chi connectivity index (χ1n) is 7.76. The van der Waals surface area contributed by atoms with E-state index in [9.17, 15) is 18.0 Å². The van der Waals surface area contributed by atoms with Crippen molar-refractivity contribution in [2.75, 3.05) is 13.2 Å². The van der Waals surface area contributed by atoms with Crippen LogP contribution in [-0.4, -0.2) is 19.2 Å². The standard InChI is InChI=1S/C19H17F3N2O2/c20-19(21,22)16-9-6-10-17(13-16)26-12-5-4-11-23-18(25)24-14-15-7-2-1-3-8-15/h1-3,6-10,13H,11-12,14H2,(H2,23,24,25). The summed E-state index contributed by atoms with van der Waals surface area (Å²) in [7, 11) is 0. The normalized spacial score (nSPS) is 10.4. The van der Waals surface area contributed by atoms with Crippen LogP contribution < -0.4 is 15.4 Å². The zero-order valence-corrected chi connectivity index (χ0v) is 13.8. The van der Waals surface area contributed by atoms with E-state index in [1.165, 1.54) is 12.1 Å². The van der Waals surface area contributed by atoms with Gasteiger partial charge in [-0.2, -0.15) is 13.2 Å². The molecule has 0 saturated carbocycles. The zero-order chi connectivity index (χ0) is 18.8. The molecule has 2 aromatic carbocycles. The van der Waals surface area contributed by atoms with E-state index in [1.54, 1.807) is 0 Å². The van der Waals surface area contributed by atoms with Gasteiger partial charge in [0.2, 0.25) is 0 Å². The van der Waals surface area contributed by atoms with Crippen molar-refractivity contribution in [1.82, 2.24) is 10.6 Å². The number of urea groups is 1. The number of alkyl halides is 3. The Hall–Kier alpha value is -3.14. The average molecular weight is 362 g/mol. The molecule has 2 aromatic rings. The van der Waals surface area contributed by atoms with Crippen LogP contribution >= 0.6 is 0 Å². The Bertz CT molecular complexity index is 781. The van der Waals surface area contributed by atoms with Crippen molar-refractivity contribution in [2.24, 2.45) is 0 Å². The highest BCUT2D eigenvalue weighted by atomic mass is 19.4. The molecule has 0 radical (unpaired) electrons.